The molecule has 0 spiro atoms. The predicted molar refractivity (Wildman–Crippen MR) is 112 cm³/mol. The van der Waals surface area contributed by atoms with Gasteiger partial charge in [-0.3, -0.25) is 4.98 Å². The molecule has 0 unspecified atom stereocenters. The number of rotatable bonds is 4. The number of hydrogen-bond acceptors (Lipinski definition) is 4. The topological polar surface area (TPSA) is 52.1 Å². The number of pyridine rings is 2. The van der Waals surface area contributed by atoms with E-state index in [0.717, 1.165) is 32.9 Å². The number of para-hydroxylation sites is 2. The highest BCUT2D eigenvalue weighted by atomic mass is 35.5. The summed E-state index contributed by atoms with van der Waals surface area (Å²) in [4.78, 5) is 21.1. The lowest BCUT2D eigenvalue weighted by molar-refractivity contribution is -0.139. The van der Waals surface area contributed by atoms with Crippen LogP contribution in [0.2, 0.25) is 5.02 Å². The van der Waals surface area contributed by atoms with Gasteiger partial charge in [0.05, 0.1) is 21.7 Å². The normalized spacial score (nSPS) is 11.4. The Hall–Kier alpha value is -3.24. The number of carbonyl (C=O) groups is 1. The molecule has 0 aliphatic carbocycles. The molecule has 4 nitrogen and oxygen atoms in total. The van der Waals surface area contributed by atoms with Crippen molar-refractivity contribution in [2.24, 2.45) is 0 Å². The lowest BCUT2D eigenvalue weighted by atomic mass is 10.1. The van der Waals surface area contributed by atoms with E-state index in [4.69, 9.17) is 16.3 Å². The highest BCUT2D eigenvalue weighted by Gasteiger charge is 2.11. The molecular weight excluding hydrogens is 372 g/mol. The summed E-state index contributed by atoms with van der Waals surface area (Å²) in [7, 11) is 0. The number of nitrogens with zero attached hydrogens (tertiary/aromatic N) is 2. The third-order valence-electron chi connectivity index (χ3n) is 4.56. The number of benzene rings is 2. The van der Waals surface area contributed by atoms with Gasteiger partial charge in [0.25, 0.3) is 0 Å². The SMILES string of the molecule is Cc1c(Cl)c(COC(=O)C=Cc2cccc3cccnc23)nc2ccccc12. The molecule has 0 atom stereocenters. The Balaban J connectivity index is 1.51. The van der Waals surface area contributed by atoms with Crippen LogP contribution in [0.25, 0.3) is 27.9 Å². The molecule has 0 bridgehead atoms. The van der Waals surface area contributed by atoms with Crippen molar-refractivity contribution >= 4 is 45.5 Å². The zero-order valence-electron chi connectivity index (χ0n) is 15.2. The van der Waals surface area contributed by atoms with Gasteiger partial charge in [0.1, 0.15) is 6.61 Å². The summed E-state index contributed by atoms with van der Waals surface area (Å²) in [5.41, 5.74) is 3.99. The van der Waals surface area contributed by atoms with E-state index in [-0.39, 0.29) is 6.61 Å². The summed E-state index contributed by atoms with van der Waals surface area (Å²) >= 11 is 6.41. The fraction of sp³-hybridized carbons (Fsp3) is 0.0870. The van der Waals surface area contributed by atoms with E-state index in [2.05, 4.69) is 9.97 Å². The van der Waals surface area contributed by atoms with E-state index in [1.165, 1.54) is 6.08 Å². The van der Waals surface area contributed by atoms with Crippen LogP contribution in [0.4, 0.5) is 0 Å². The molecule has 4 aromatic rings. The fourth-order valence-electron chi connectivity index (χ4n) is 3.12. The van der Waals surface area contributed by atoms with Crippen molar-refractivity contribution in [2.45, 2.75) is 13.5 Å². The van der Waals surface area contributed by atoms with Gasteiger partial charge in [-0.15, -0.1) is 0 Å². The first-order valence-electron chi connectivity index (χ1n) is 8.86. The Morgan fingerprint density at radius 1 is 1.11 bits per heavy atom. The zero-order chi connectivity index (χ0) is 19.5. The van der Waals surface area contributed by atoms with E-state index in [1.54, 1.807) is 12.3 Å². The summed E-state index contributed by atoms with van der Waals surface area (Å²) in [5, 5.41) is 2.53. The van der Waals surface area contributed by atoms with E-state index < -0.39 is 5.97 Å². The second kappa shape index (κ2) is 7.79. The average molecular weight is 389 g/mol. The van der Waals surface area contributed by atoms with Gasteiger partial charge in [-0.25, -0.2) is 9.78 Å². The second-order valence-electron chi connectivity index (χ2n) is 6.38. The van der Waals surface area contributed by atoms with Crippen LogP contribution in [-0.4, -0.2) is 15.9 Å². The maximum Gasteiger partial charge on any atom is 0.331 e. The Morgan fingerprint density at radius 3 is 2.82 bits per heavy atom. The van der Waals surface area contributed by atoms with Gasteiger partial charge >= 0.3 is 5.97 Å². The van der Waals surface area contributed by atoms with Gasteiger partial charge in [-0.2, -0.15) is 0 Å². The predicted octanol–water partition coefficient (Wildman–Crippen LogP) is 5.50. The molecule has 2 heterocycles. The van der Waals surface area contributed by atoms with Crippen LogP contribution in [-0.2, 0) is 16.1 Å². The lowest BCUT2D eigenvalue weighted by Gasteiger charge is -2.10. The Labute approximate surface area is 167 Å². The third kappa shape index (κ3) is 3.59. The van der Waals surface area contributed by atoms with E-state index in [1.807, 2.05) is 61.5 Å². The molecule has 0 radical (unpaired) electrons. The van der Waals surface area contributed by atoms with Crippen molar-refractivity contribution < 1.29 is 9.53 Å². The Morgan fingerprint density at radius 2 is 1.93 bits per heavy atom. The van der Waals surface area contributed by atoms with Crippen LogP contribution in [0.5, 0.6) is 0 Å². The van der Waals surface area contributed by atoms with Crippen molar-refractivity contribution in [3.63, 3.8) is 0 Å². The van der Waals surface area contributed by atoms with Crippen molar-refractivity contribution in [3.8, 4) is 0 Å². The monoisotopic (exact) mass is 388 g/mol. The van der Waals surface area contributed by atoms with Gasteiger partial charge in [0.15, 0.2) is 0 Å². The molecule has 4 rings (SSSR count). The Kier molecular flexibility index (Phi) is 5.04. The van der Waals surface area contributed by atoms with E-state index in [9.17, 15) is 4.79 Å². The maximum atomic E-state index is 12.2. The maximum absolute atomic E-state index is 12.2. The van der Waals surface area contributed by atoms with Crippen LogP contribution < -0.4 is 0 Å². The zero-order valence-corrected chi connectivity index (χ0v) is 16.0. The van der Waals surface area contributed by atoms with Gasteiger partial charge in [0, 0.05) is 28.6 Å². The molecule has 2 aromatic heterocycles. The van der Waals surface area contributed by atoms with E-state index in [0.29, 0.717) is 10.7 Å². The number of esters is 1. The first-order valence-corrected chi connectivity index (χ1v) is 9.23. The summed E-state index contributed by atoms with van der Waals surface area (Å²) < 4.78 is 5.35. The molecule has 0 aliphatic heterocycles. The second-order valence-corrected chi connectivity index (χ2v) is 6.76. The molecule has 0 amide bonds. The number of aryl methyl sites for hydroxylation is 1. The average Bonchev–Trinajstić information content (AvgIpc) is 2.73. The summed E-state index contributed by atoms with van der Waals surface area (Å²) in [6.07, 6.45) is 4.83. The number of halogens is 1. The molecule has 0 N–H and O–H groups in total. The molecule has 0 saturated heterocycles. The van der Waals surface area contributed by atoms with Gasteiger partial charge in [0.2, 0.25) is 0 Å². The minimum Gasteiger partial charge on any atom is -0.456 e. The lowest BCUT2D eigenvalue weighted by Crippen LogP contribution is -2.04. The highest BCUT2D eigenvalue weighted by Crippen LogP contribution is 2.27. The van der Waals surface area contributed by atoms with Crippen LogP contribution >= 0.6 is 11.6 Å². The largest absolute Gasteiger partial charge is 0.456 e. The van der Waals surface area contributed by atoms with Crippen molar-refractivity contribution in [3.05, 3.63) is 88.7 Å². The molecule has 0 aliphatic rings. The molecular formula is C23H17ClN2O2. The number of aromatic nitrogens is 2. The Bertz CT molecular complexity index is 1210. The quantitative estimate of drug-likeness (QED) is 0.342. The number of carbonyl (C=O) groups excluding carboxylic acids is 1. The molecule has 28 heavy (non-hydrogen) atoms. The minimum atomic E-state index is -0.461. The first-order chi connectivity index (χ1) is 13.6. The molecule has 2 aromatic carbocycles. The first kappa shape index (κ1) is 18.1. The van der Waals surface area contributed by atoms with Crippen LogP contribution in [0, 0.1) is 6.92 Å². The van der Waals surface area contributed by atoms with Gasteiger partial charge < -0.3 is 4.74 Å². The molecule has 138 valence electrons. The molecule has 0 fully saturated rings. The fourth-order valence-corrected chi connectivity index (χ4v) is 3.32. The highest BCUT2D eigenvalue weighted by molar-refractivity contribution is 6.32. The van der Waals surface area contributed by atoms with Crippen molar-refractivity contribution in [1.82, 2.24) is 9.97 Å². The van der Waals surface area contributed by atoms with Gasteiger partial charge in [-0.05, 0) is 30.7 Å². The number of hydrogen-bond donors (Lipinski definition) is 0. The smallest absolute Gasteiger partial charge is 0.331 e. The van der Waals surface area contributed by atoms with Crippen LogP contribution in [0.15, 0.2) is 66.9 Å². The third-order valence-corrected chi connectivity index (χ3v) is 5.06. The number of ether oxygens (including phenoxy) is 1. The molecule has 0 saturated carbocycles. The summed E-state index contributed by atoms with van der Waals surface area (Å²) in [6, 6.07) is 17.4. The van der Waals surface area contributed by atoms with Gasteiger partial charge in [-0.1, -0.05) is 54.1 Å². The standard InChI is InChI=1S/C23H17ClN2O2/c1-15-18-9-2-3-10-19(18)26-20(22(15)24)14-28-21(27)12-11-17-7-4-6-16-8-5-13-25-23(16)17/h2-13H,14H2,1H3. The molecule has 5 heteroatoms. The van der Waals surface area contributed by atoms with E-state index >= 15 is 0 Å². The van der Waals surface area contributed by atoms with Crippen molar-refractivity contribution in [1.29, 1.82) is 0 Å². The summed E-state index contributed by atoms with van der Waals surface area (Å²) in [6.45, 7) is 1.95. The van der Waals surface area contributed by atoms with Crippen LogP contribution in [0.3, 0.4) is 0 Å². The summed E-state index contributed by atoms with van der Waals surface area (Å²) in [5.74, 6) is -0.461. The van der Waals surface area contributed by atoms with Crippen LogP contribution in [0.1, 0.15) is 16.8 Å². The minimum absolute atomic E-state index is 0.0153. The number of fused-ring (bicyclic) bond motifs is 2. The van der Waals surface area contributed by atoms with Crippen molar-refractivity contribution in [2.75, 3.05) is 0 Å².